The molecule has 1 saturated heterocycles. The fraction of sp³-hybridized carbons (Fsp3) is 0.625. The van der Waals surface area contributed by atoms with Crippen LogP contribution < -0.4 is 15.2 Å². The van der Waals surface area contributed by atoms with Crippen LogP contribution in [0.3, 0.4) is 0 Å². The van der Waals surface area contributed by atoms with Crippen molar-refractivity contribution in [3.05, 3.63) is 23.8 Å². The molecule has 1 aromatic carbocycles. The van der Waals surface area contributed by atoms with Gasteiger partial charge >= 0.3 is 0 Å². The van der Waals surface area contributed by atoms with Gasteiger partial charge in [0.2, 0.25) is 0 Å². The summed E-state index contributed by atoms with van der Waals surface area (Å²) in [4.78, 5) is 2.53. The smallest absolute Gasteiger partial charge is 0.124 e. The van der Waals surface area contributed by atoms with E-state index in [9.17, 15) is 0 Å². The van der Waals surface area contributed by atoms with Crippen LogP contribution >= 0.6 is 0 Å². The molecule has 0 bridgehead atoms. The predicted octanol–water partition coefficient (Wildman–Crippen LogP) is 2.19. The molecular weight excluding hydrogens is 252 g/mol. The molecule has 2 heterocycles. The summed E-state index contributed by atoms with van der Waals surface area (Å²) >= 11 is 0. The molecular formula is C16H24N2O2. The number of fused-ring (bicyclic) bond motifs is 1. The van der Waals surface area contributed by atoms with Gasteiger partial charge in [-0.3, -0.25) is 0 Å². The molecule has 1 aromatic rings. The molecule has 0 radical (unpaired) electrons. The molecule has 4 heteroatoms. The molecule has 2 atom stereocenters. The first-order valence-electron chi connectivity index (χ1n) is 7.56. The second-order valence-corrected chi connectivity index (χ2v) is 5.86. The summed E-state index contributed by atoms with van der Waals surface area (Å²) in [5, 5.41) is 0. The number of hydrogen-bond donors (Lipinski definition) is 1. The van der Waals surface area contributed by atoms with E-state index in [2.05, 4.69) is 4.90 Å². The highest BCUT2D eigenvalue weighted by Gasteiger charge is 2.30. The highest BCUT2D eigenvalue weighted by atomic mass is 16.5. The molecule has 0 aromatic heterocycles. The van der Waals surface area contributed by atoms with Gasteiger partial charge in [-0.05, 0) is 44.1 Å². The summed E-state index contributed by atoms with van der Waals surface area (Å²) in [6.45, 7) is 4.16. The van der Waals surface area contributed by atoms with Gasteiger partial charge in [0.25, 0.3) is 0 Å². The summed E-state index contributed by atoms with van der Waals surface area (Å²) < 4.78 is 11.2. The van der Waals surface area contributed by atoms with Crippen molar-refractivity contribution in [1.29, 1.82) is 0 Å². The van der Waals surface area contributed by atoms with Gasteiger partial charge in [-0.2, -0.15) is 0 Å². The zero-order valence-corrected chi connectivity index (χ0v) is 12.2. The van der Waals surface area contributed by atoms with Crippen molar-refractivity contribution in [3.63, 3.8) is 0 Å². The Morgan fingerprint density at radius 2 is 2.10 bits per heavy atom. The van der Waals surface area contributed by atoms with Crippen LogP contribution in [0.4, 0.5) is 0 Å². The van der Waals surface area contributed by atoms with Crippen LogP contribution in [0.1, 0.15) is 30.9 Å². The lowest BCUT2D eigenvalue weighted by atomic mass is 9.90. The average Bonchev–Trinajstić information content (AvgIpc) is 2.51. The summed E-state index contributed by atoms with van der Waals surface area (Å²) in [7, 11) is 1.68. The second-order valence-electron chi connectivity index (χ2n) is 5.86. The van der Waals surface area contributed by atoms with Crippen molar-refractivity contribution in [1.82, 2.24) is 4.90 Å². The Morgan fingerprint density at radius 1 is 1.30 bits per heavy atom. The summed E-state index contributed by atoms with van der Waals surface area (Å²) in [6, 6.07) is 5.94. The zero-order valence-electron chi connectivity index (χ0n) is 12.2. The van der Waals surface area contributed by atoms with Crippen molar-refractivity contribution < 1.29 is 9.47 Å². The molecule has 0 amide bonds. The standard InChI is InChI=1S/C16H24N2O2/c1-19-13-5-6-15-14(9-13)16(17)12(11-20-15)10-18-7-3-2-4-8-18/h5-6,9,12,16H,2-4,7-8,10-11,17H2,1H3. The van der Waals surface area contributed by atoms with Gasteiger partial charge in [0, 0.05) is 24.1 Å². The van der Waals surface area contributed by atoms with Crippen LogP contribution in [0.25, 0.3) is 0 Å². The van der Waals surface area contributed by atoms with Crippen molar-refractivity contribution in [2.45, 2.75) is 25.3 Å². The van der Waals surface area contributed by atoms with Crippen molar-refractivity contribution in [2.75, 3.05) is 33.4 Å². The fourth-order valence-corrected chi connectivity index (χ4v) is 3.24. The minimum absolute atomic E-state index is 0.0378. The SMILES string of the molecule is COc1ccc2c(c1)C(N)C(CN1CCCCC1)CO2. The number of hydrogen-bond acceptors (Lipinski definition) is 4. The first kappa shape index (κ1) is 13.7. The van der Waals surface area contributed by atoms with E-state index in [-0.39, 0.29) is 6.04 Å². The fourth-order valence-electron chi connectivity index (χ4n) is 3.24. The number of likely N-dealkylation sites (tertiary alicyclic amines) is 1. The minimum atomic E-state index is 0.0378. The van der Waals surface area contributed by atoms with E-state index in [0.717, 1.165) is 30.2 Å². The highest BCUT2D eigenvalue weighted by Crippen LogP contribution is 2.36. The first-order valence-corrected chi connectivity index (χ1v) is 7.56. The Labute approximate surface area is 120 Å². The molecule has 0 aliphatic carbocycles. The molecule has 110 valence electrons. The third-order valence-electron chi connectivity index (χ3n) is 4.48. The molecule has 2 aliphatic rings. The third kappa shape index (κ3) is 2.76. The maximum atomic E-state index is 6.47. The van der Waals surface area contributed by atoms with Crippen LogP contribution in [0.5, 0.6) is 11.5 Å². The number of nitrogens with two attached hydrogens (primary N) is 1. The zero-order chi connectivity index (χ0) is 13.9. The van der Waals surface area contributed by atoms with E-state index in [4.69, 9.17) is 15.2 Å². The number of ether oxygens (including phenoxy) is 2. The third-order valence-corrected chi connectivity index (χ3v) is 4.48. The lowest BCUT2D eigenvalue weighted by molar-refractivity contribution is 0.125. The van der Waals surface area contributed by atoms with Crippen LogP contribution in [-0.4, -0.2) is 38.3 Å². The number of rotatable bonds is 3. The van der Waals surface area contributed by atoms with Crippen molar-refractivity contribution in [2.24, 2.45) is 11.7 Å². The van der Waals surface area contributed by atoms with E-state index in [1.165, 1.54) is 32.4 Å². The Kier molecular flexibility index (Phi) is 4.13. The Morgan fingerprint density at radius 3 is 2.85 bits per heavy atom. The van der Waals surface area contributed by atoms with E-state index in [1.54, 1.807) is 7.11 Å². The van der Waals surface area contributed by atoms with Gasteiger partial charge in [-0.25, -0.2) is 0 Å². The first-order chi connectivity index (χ1) is 9.78. The van der Waals surface area contributed by atoms with Gasteiger partial charge in [0.15, 0.2) is 0 Å². The monoisotopic (exact) mass is 276 g/mol. The normalized spacial score (nSPS) is 26.7. The van der Waals surface area contributed by atoms with E-state index >= 15 is 0 Å². The molecule has 0 saturated carbocycles. The predicted molar refractivity (Wildman–Crippen MR) is 79.2 cm³/mol. The summed E-state index contributed by atoms with van der Waals surface area (Å²) in [5.41, 5.74) is 7.55. The van der Waals surface area contributed by atoms with Crippen LogP contribution in [0, 0.1) is 5.92 Å². The number of nitrogens with zero attached hydrogens (tertiary/aromatic N) is 1. The second kappa shape index (κ2) is 6.02. The number of benzene rings is 1. The number of piperidine rings is 1. The van der Waals surface area contributed by atoms with Gasteiger partial charge < -0.3 is 20.1 Å². The molecule has 2 N–H and O–H groups in total. The summed E-state index contributed by atoms with van der Waals surface area (Å²) in [6.07, 6.45) is 3.99. The molecule has 0 spiro atoms. The maximum Gasteiger partial charge on any atom is 0.124 e. The Balaban J connectivity index is 1.72. The van der Waals surface area contributed by atoms with Crippen molar-refractivity contribution >= 4 is 0 Å². The molecule has 3 rings (SSSR count). The minimum Gasteiger partial charge on any atom is -0.497 e. The topological polar surface area (TPSA) is 47.7 Å². The van der Waals surface area contributed by atoms with Gasteiger partial charge in [0.1, 0.15) is 11.5 Å². The maximum absolute atomic E-state index is 6.47. The van der Waals surface area contributed by atoms with Crippen LogP contribution in [0.2, 0.25) is 0 Å². The Hall–Kier alpha value is -1.26. The van der Waals surface area contributed by atoms with E-state index < -0.39 is 0 Å². The Bertz CT molecular complexity index is 458. The molecule has 1 fully saturated rings. The largest absolute Gasteiger partial charge is 0.497 e. The van der Waals surface area contributed by atoms with Gasteiger partial charge in [-0.1, -0.05) is 6.42 Å². The summed E-state index contributed by atoms with van der Waals surface area (Å²) in [5.74, 6) is 2.13. The lowest BCUT2D eigenvalue weighted by Gasteiger charge is -2.36. The van der Waals surface area contributed by atoms with Crippen LogP contribution in [-0.2, 0) is 0 Å². The number of methoxy groups -OCH3 is 1. The van der Waals surface area contributed by atoms with Crippen molar-refractivity contribution in [3.8, 4) is 11.5 Å². The molecule has 4 nitrogen and oxygen atoms in total. The average molecular weight is 276 g/mol. The molecule has 2 aliphatic heterocycles. The van der Waals surface area contributed by atoms with Gasteiger partial charge in [-0.15, -0.1) is 0 Å². The van der Waals surface area contributed by atoms with E-state index in [0.29, 0.717) is 5.92 Å². The quantitative estimate of drug-likeness (QED) is 0.919. The van der Waals surface area contributed by atoms with E-state index in [1.807, 2.05) is 18.2 Å². The highest BCUT2D eigenvalue weighted by molar-refractivity contribution is 5.43. The molecule has 2 unspecified atom stereocenters. The van der Waals surface area contributed by atoms with Gasteiger partial charge in [0.05, 0.1) is 13.7 Å². The lowest BCUT2D eigenvalue weighted by Crippen LogP contribution is -2.42. The molecule has 20 heavy (non-hydrogen) atoms. The van der Waals surface area contributed by atoms with Crippen LogP contribution in [0.15, 0.2) is 18.2 Å².